The molecule has 0 aliphatic carbocycles. The number of rotatable bonds is 4. The van der Waals surface area contributed by atoms with Gasteiger partial charge >= 0.3 is 0 Å². The quantitative estimate of drug-likeness (QED) is 0.807. The number of nitrogens with zero attached hydrogens (tertiary/aromatic N) is 1. The average molecular weight is 253 g/mol. The summed E-state index contributed by atoms with van der Waals surface area (Å²) in [5.41, 5.74) is 6.82. The molecule has 0 bridgehead atoms. The molecule has 96 valence electrons. The van der Waals surface area contributed by atoms with Crippen molar-refractivity contribution >= 4 is 16.7 Å². The van der Waals surface area contributed by atoms with Gasteiger partial charge in [-0.2, -0.15) is 5.26 Å². The van der Waals surface area contributed by atoms with E-state index in [-0.39, 0.29) is 12.5 Å². The molecule has 4 nitrogen and oxygen atoms in total. The number of hydrogen-bond acceptors (Lipinski definition) is 3. The van der Waals surface area contributed by atoms with Gasteiger partial charge in [0.2, 0.25) is 5.91 Å². The van der Waals surface area contributed by atoms with Crippen LogP contribution < -0.4 is 11.1 Å². The molecule has 1 atom stereocenters. The molecular weight excluding hydrogens is 238 g/mol. The van der Waals surface area contributed by atoms with Gasteiger partial charge in [-0.1, -0.05) is 42.5 Å². The number of nitrogens with one attached hydrogen (secondary N) is 1. The third kappa shape index (κ3) is 3.30. The number of carbonyl (C=O) groups excluding carboxylic acids is 1. The Balaban J connectivity index is 2.08. The minimum Gasteiger partial charge on any atom is -0.342 e. The van der Waals surface area contributed by atoms with Crippen molar-refractivity contribution in [3.05, 3.63) is 48.0 Å². The number of hydrogen-bond donors (Lipinski definition) is 2. The van der Waals surface area contributed by atoms with Gasteiger partial charge in [-0.05, 0) is 22.8 Å². The Morgan fingerprint density at radius 3 is 2.74 bits per heavy atom. The predicted octanol–water partition coefficient (Wildman–Crippen LogP) is 1.35. The molecule has 0 spiro atoms. The minimum absolute atomic E-state index is 0.00967. The Hall–Kier alpha value is -2.38. The second-order valence-electron chi connectivity index (χ2n) is 4.37. The third-order valence-corrected chi connectivity index (χ3v) is 2.95. The highest BCUT2D eigenvalue weighted by Crippen LogP contribution is 2.16. The summed E-state index contributed by atoms with van der Waals surface area (Å²) in [6, 6.07) is 15.3. The van der Waals surface area contributed by atoms with Gasteiger partial charge in [0.25, 0.3) is 0 Å². The molecule has 2 aromatic rings. The van der Waals surface area contributed by atoms with E-state index in [1.807, 2.05) is 48.5 Å². The van der Waals surface area contributed by atoms with Crippen molar-refractivity contribution < 1.29 is 4.79 Å². The first-order valence-electron chi connectivity index (χ1n) is 6.08. The fraction of sp³-hybridized carbons (Fsp3) is 0.200. The molecule has 2 aromatic carbocycles. The maximum atomic E-state index is 11.6. The monoisotopic (exact) mass is 253 g/mol. The highest BCUT2D eigenvalue weighted by atomic mass is 16.2. The summed E-state index contributed by atoms with van der Waals surface area (Å²) >= 11 is 0. The summed E-state index contributed by atoms with van der Waals surface area (Å²) in [6.07, 6.45) is 0.460. The van der Waals surface area contributed by atoms with Crippen molar-refractivity contribution in [2.24, 2.45) is 5.73 Å². The van der Waals surface area contributed by atoms with Crippen LogP contribution in [0.5, 0.6) is 0 Å². The number of amides is 1. The van der Waals surface area contributed by atoms with Gasteiger partial charge in [-0.25, -0.2) is 0 Å². The highest BCUT2D eigenvalue weighted by Gasteiger charge is 2.13. The molecule has 0 unspecified atom stereocenters. The van der Waals surface area contributed by atoms with Crippen LogP contribution in [-0.4, -0.2) is 18.5 Å². The number of benzene rings is 2. The van der Waals surface area contributed by atoms with Crippen LogP contribution in [-0.2, 0) is 11.2 Å². The van der Waals surface area contributed by atoms with Crippen molar-refractivity contribution in [1.82, 2.24) is 5.32 Å². The van der Waals surface area contributed by atoms with E-state index in [9.17, 15) is 4.79 Å². The maximum Gasteiger partial charge on any atom is 0.238 e. The normalized spacial score (nSPS) is 11.8. The van der Waals surface area contributed by atoms with Gasteiger partial charge < -0.3 is 11.1 Å². The molecule has 0 heterocycles. The molecule has 1 amide bonds. The van der Waals surface area contributed by atoms with Crippen LogP contribution in [0.25, 0.3) is 10.8 Å². The molecule has 0 radical (unpaired) electrons. The highest BCUT2D eigenvalue weighted by molar-refractivity contribution is 5.84. The number of carbonyl (C=O) groups is 1. The van der Waals surface area contributed by atoms with E-state index < -0.39 is 6.04 Å². The number of nitrogens with two attached hydrogens (primary N) is 1. The summed E-state index contributed by atoms with van der Waals surface area (Å²) < 4.78 is 0. The topological polar surface area (TPSA) is 78.9 Å². The van der Waals surface area contributed by atoms with E-state index in [4.69, 9.17) is 11.0 Å². The van der Waals surface area contributed by atoms with Crippen molar-refractivity contribution in [2.45, 2.75) is 12.5 Å². The zero-order valence-corrected chi connectivity index (χ0v) is 10.5. The van der Waals surface area contributed by atoms with Crippen molar-refractivity contribution in [1.29, 1.82) is 5.26 Å². The zero-order valence-electron chi connectivity index (χ0n) is 10.5. The lowest BCUT2D eigenvalue weighted by atomic mass is 10.0. The van der Waals surface area contributed by atoms with E-state index in [1.165, 1.54) is 0 Å². The molecule has 0 fully saturated rings. The zero-order chi connectivity index (χ0) is 13.7. The molecule has 0 saturated heterocycles. The molecule has 3 N–H and O–H groups in total. The number of nitriles is 1. The summed E-state index contributed by atoms with van der Waals surface area (Å²) in [7, 11) is 0. The van der Waals surface area contributed by atoms with Crippen LogP contribution in [0.4, 0.5) is 0 Å². The Kier molecular flexibility index (Phi) is 4.11. The second-order valence-corrected chi connectivity index (χ2v) is 4.37. The largest absolute Gasteiger partial charge is 0.342 e. The van der Waals surface area contributed by atoms with Gasteiger partial charge in [0.15, 0.2) is 0 Å². The first-order chi connectivity index (χ1) is 9.20. The number of fused-ring (bicyclic) bond motifs is 1. The molecule has 2 rings (SSSR count). The molecule has 0 saturated carbocycles. The van der Waals surface area contributed by atoms with Crippen molar-refractivity contribution in [2.75, 3.05) is 6.54 Å². The van der Waals surface area contributed by atoms with Crippen LogP contribution in [0.2, 0.25) is 0 Å². The summed E-state index contributed by atoms with van der Waals surface area (Å²) in [5, 5.41) is 13.2. The summed E-state index contributed by atoms with van der Waals surface area (Å²) in [5.74, 6) is -0.297. The smallest absolute Gasteiger partial charge is 0.238 e. The molecule has 0 aliphatic rings. The molecule has 19 heavy (non-hydrogen) atoms. The Morgan fingerprint density at radius 1 is 1.26 bits per heavy atom. The first-order valence-corrected chi connectivity index (χ1v) is 6.08. The Labute approximate surface area is 111 Å². The lowest BCUT2D eigenvalue weighted by molar-refractivity contribution is -0.122. The van der Waals surface area contributed by atoms with Gasteiger partial charge in [-0.15, -0.1) is 0 Å². The first kappa shape index (κ1) is 13.1. The Bertz CT molecular complexity index is 631. The summed E-state index contributed by atoms with van der Waals surface area (Å²) in [6.45, 7) is -0.00967. The SMILES string of the molecule is N#CCNC(=O)[C@@H](N)Cc1ccc2ccccc2c1. The minimum atomic E-state index is -0.630. The summed E-state index contributed by atoms with van der Waals surface area (Å²) in [4.78, 5) is 11.6. The molecule has 0 aliphatic heterocycles. The van der Waals surface area contributed by atoms with Gasteiger partial charge in [0.05, 0.1) is 12.1 Å². The van der Waals surface area contributed by atoms with E-state index in [2.05, 4.69) is 5.32 Å². The van der Waals surface area contributed by atoms with E-state index in [0.29, 0.717) is 6.42 Å². The van der Waals surface area contributed by atoms with Gasteiger partial charge in [-0.3, -0.25) is 4.79 Å². The van der Waals surface area contributed by atoms with Crippen LogP contribution in [0, 0.1) is 11.3 Å². The lowest BCUT2D eigenvalue weighted by Gasteiger charge is -2.11. The molecule has 0 aromatic heterocycles. The third-order valence-electron chi connectivity index (χ3n) is 2.95. The fourth-order valence-electron chi connectivity index (χ4n) is 1.97. The van der Waals surface area contributed by atoms with Crippen molar-refractivity contribution in [3.8, 4) is 6.07 Å². The second kappa shape index (κ2) is 5.98. The van der Waals surface area contributed by atoms with Crippen LogP contribution in [0.1, 0.15) is 5.56 Å². The van der Waals surface area contributed by atoms with Crippen LogP contribution in [0.3, 0.4) is 0 Å². The molecule has 4 heteroatoms. The fourth-order valence-corrected chi connectivity index (χ4v) is 1.97. The standard InChI is InChI=1S/C15H15N3O/c16-7-8-18-15(19)14(17)10-11-5-6-12-3-1-2-4-13(12)9-11/h1-6,9,14H,8,10,17H2,(H,18,19)/t14-/m0/s1. The molecular formula is C15H15N3O. The van der Waals surface area contributed by atoms with Gasteiger partial charge in [0.1, 0.15) is 6.54 Å². The maximum absolute atomic E-state index is 11.6. The lowest BCUT2D eigenvalue weighted by Crippen LogP contribution is -2.42. The van der Waals surface area contributed by atoms with E-state index in [1.54, 1.807) is 0 Å². The van der Waals surface area contributed by atoms with E-state index >= 15 is 0 Å². The predicted molar refractivity (Wildman–Crippen MR) is 74.3 cm³/mol. The van der Waals surface area contributed by atoms with Gasteiger partial charge in [0, 0.05) is 0 Å². The van der Waals surface area contributed by atoms with Crippen LogP contribution in [0.15, 0.2) is 42.5 Å². The Morgan fingerprint density at radius 2 is 2.00 bits per heavy atom. The van der Waals surface area contributed by atoms with Crippen molar-refractivity contribution in [3.63, 3.8) is 0 Å². The van der Waals surface area contributed by atoms with E-state index in [0.717, 1.165) is 16.3 Å². The average Bonchev–Trinajstić information content (AvgIpc) is 2.44. The van der Waals surface area contributed by atoms with Crippen LogP contribution >= 0.6 is 0 Å².